The van der Waals surface area contributed by atoms with E-state index in [2.05, 4.69) is 15.3 Å². The Morgan fingerprint density at radius 2 is 1.83 bits per heavy atom. The molecule has 1 fully saturated rings. The molecule has 1 amide bonds. The molecule has 1 saturated heterocycles. The number of thioether (sulfide) groups is 1. The summed E-state index contributed by atoms with van der Waals surface area (Å²) in [5, 5.41) is 9.75. The smallest absolute Gasteiger partial charge is 0.274 e. The van der Waals surface area contributed by atoms with Crippen LogP contribution in [0.2, 0.25) is 0 Å². The second-order valence-electron chi connectivity index (χ2n) is 9.86. The van der Waals surface area contributed by atoms with E-state index < -0.39 is 0 Å². The van der Waals surface area contributed by atoms with E-state index >= 15 is 0 Å². The molecule has 4 heterocycles. The highest BCUT2D eigenvalue weighted by atomic mass is 32.2. The second-order valence-corrected chi connectivity index (χ2v) is 10.9. The van der Waals surface area contributed by atoms with Crippen molar-refractivity contribution in [3.05, 3.63) is 61.9 Å². The van der Waals surface area contributed by atoms with Crippen molar-refractivity contribution in [3.63, 3.8) is 0 Å². The summed E-state index contributed by atoms with van der Waals surface area (Å²) in [6.07, 6.45) is 5.23. The van der Waals surface area contributed by atoms with E-state index in [1.807, 2.05) is 24.3 Å². The minimum atomic E-state index is -0.199. The molecule has 1 N–H and O–H groups in total. The zero-order valence-electron chi connectivity index (χ0n) is 20.2. The lowest BCUT2D eigenvalue weighted by molar-refractivity contribution is -0.121. The molecule has 2 aliphatic heterocycles. The summed E-state index contributed by atoms with van der Waals surface area (Å²) in [4.78, 5) is 46.1. The molecule has 0 radical (unpaired) electrons. The maximum absolute atomic E-state index is 13.0. The van der Waals surface area contributed by atoms with Crippen molar-refractivity contribution in [1.29, 1.82) is 0 Å². The molecule has 1 aliphatic carbocycles. The number of carbonyl (C=O) groups excluding carboxylic acids is 1. The van der Waals surface area contributed by atoms with Crippen molar-refractivity contribution in [2.45, 2.75) is 62.8 Å². The largest absolute Gasteiger partial charge is 0.350 e. The third-order valence-electron chi connectivity index (χ3n) is 7.52. The Labute approximate surface area is 212 Å². The third-order valence-corrected chi connectivity index (χ3v) is 8.61. The van der Waals surface area contributed by atoms with Gasteiger partial charge in [0.1, 0.15) is 0 Å². The molecule has 3 aromatic rings. The first-order valence-corrected chi connectivity index (χ1v) is 13.8. The molecule has 10 heteroatoms. The summed E-state index contributed by atoms with van der Waals surface area (Å²) < 4.78 is 3.26. The molecule has 9 nitrogen and oxygen atoms in total. The highest BCUT2D eigenvalue weighted by Crippen LogP contribution is 2.33. The molecule has 0 saturated carbocycles. The van der Waals surface area contributed by atoms with E-state index in [9.17, 15) is 14.4 Å². The van der Waals surface area contributed by atoms with Crippen LogP contribution in [0.3, 0.4) is 0 Å². The SMILES string of the molecule is O=C(CC1CSc2nc3c(c(=O)n21)CCC3)NCc1nn(CCN2CCCC2)c(=O)c2ccccc12. The van der Waals surface area contributed by atoms with Gasteiger partial charge < -0.3 is 10.2 Å². The fourth-order valence-electron chi connectivity index (χ4n) is 5.60. The fraction of sp³-hybridized carbons (Fsp3) is 0.500. The molecular weight excluding hydrogens is 476 g/mol. The molecule has 0 bridgehead atoms. The Bertz CT molecular complexity index is 1440. The standard InChI is InChI=1S/C26H30N6O3S/c33-23(14-17-16-36-26-28-21-9-5-8-20(21)25(35)32(17)26)27-15-22-18-6-1-2-7-19(18)24(34)31(29-22)13-12-30-10-3-4-11-30/h1-2,6-7,17H,3-5,8-16H2,(H,27,33). The lowest BCUT2D eigenvalue weighted by Crippen LogP contribution is -2.34. The summed E-state index contributed by atoms with van der Waals surface area (Å²) in [6, 6.07) is 7.24. The molecule has 1 atom stereocenters. The van der Waals surface area contributed by atoms with Gasteiger partial charge in [0.15, 0.2) is 5.16 Å². The number of aromatic nitrogens is 4. The van der Waals surface area contributed by atoms with Gasteiger partial charge in [-0.25, -0.2) is 9.67 Å². The van der Waals surface area contributed by atoms with Crippen molar-refractivity contribution in [3.8, 4) is 0 Å². The summed E-state index contributed by atoms with van der Waals surface area (Å²) in [7, 11) is 0. The van der Waals surface area contributed by atoms with Crippen LogP contribution in [0, 0.1) is 0 Å². The minimum Gasteiger partial charge on any atom is -0.350 e. The van der Waals surface area contributed by atoms with Crippen molar-refractivity contribution in [2.75, 3.05) is 25.4 Å². The molecule has 188 valence electrons. The predicted molar refractivity (Wildman–Crippen MR) is 138 cm³/mol. The highest BCUT2D eigenvalue weighted by molar-refractivity contribution is 7.99. The van der Waals surface area contributed by atoms with Crippen molar-refractivity contribution in [2.24, 2.45) is 0 Å². The van der Waals surface area contributed by atoms with E-state index in [1.165, 1.54) is 17.5 Å². The quantitative estimate of drug-likeness (QED) is 0.488. The Hall–Kier alpha value is -2.98. The number of nitrogens with one attached hydrogen (secondary N) is 1. The number of fused-ring (bicyclic) bond motifs is 3. The van der Waals surface area contributed by atoms with Crippen LogP contribution in [0.1, 0.15) is 48.7 Å². The van der Waals surface area contributed by atoms with E-state index in [-0.39, 0.29) is 36.0 Å². The number of nitrogens with zero attached hydrogens (tertiary/aromatic N) is 5. The molecule has 6 rings (SSSR count). The number of benzene rings is 1. The van der Waals surface area contributed by atoms with Crippen LogP contribution in [0.25, 0.3) is 10.8 Å². The topological polar surface area (TPSA) is 102 Å². The van der Waals surface area contributed by atoms with E-state index in [0.29, 0.717) is 23.4 Å². The highest BCUT2D eigenvalue weighted by Gasteiger charge is 2.31. The van der Waals surface area contributed by atoms with Crippen LogP contribution in [0.4, 0.5) is 0 Å². The molecule has 0 spiro atoms. The molecule has 2 aromatic heterocycles. The predicted octanol–water partition coefficient (Wildman–Crippen LogP) is 1.89. The lowest BCUT2D eigenvalue weighted by atomic mass is 10.1. The maximum Gasteiger partial charge on any atom is 0.274 e. The van der Waals surface area contributed by atoms with E-state index in [0.717, 1.165) is 60.7 Å². The summed E-state index contributed by atoms with van der Waals surface area (Å²) in [5.74, 6) is 0.530. The summed E-state index contributed by atoms with van der Waals surface area (Å²) in [5.41, 5.74) is 2.35. The molecule has 1 unspecified atom stereocenters. The van der Waals surface area contributed by atoms with Crippen LogP contribution >= 0.6 is 11.8 Å². The maximum atomic E-state index is 13.0. The van der Waals surface area contributed by atoms with Crippen LogP contribution in [-0.2, 0) is 30.7 Å². The zero-order chi connectivity index (χ0) is 24.6. The van der Waals surface area contributed by atoms with Gasteiger partial charge >= 0.3 is 0 Å². The average Bonchev–Trinajstić information content (AvgIpc) is 3.65. The number of carbonyl (C=O) groups is 1. The van der Waals surface area contributed by atoms with Gasteiger partial charge in [-0.05, 0) is 51.3 Å². The number of amides is 1. The first kappa shape index (κ1) is 23.4. The monoisotopic (exact) mass is 506 g/mol. The van der Waals surface area contributed by atoms with Gasteiger partial charge in [0.25, 0.3) is 11.1 Å². The Balaban J connectivity index is 1.18. The van der Waals surface area contributed by atoms with Gasteiger partial charge in [-0.2, -0.15) is 5.10 Å². The van der Waals surface area contributed by atoms with Crippen LogP contribution < -0.4 is 16.4 Å². The van der Waals surface area contributed by atoms with Crippen LogP contribution in [0.15, 0.2) is 39.0 Å². The number of aryl methyl sites for hydroxylation is 1. The Morgan fingerprint density at radius 1 is 1.03 bits per heavy atom. The third kappa shape index (κ3) is 4.37. The molecule has 1 aromatic carbocycles. The van der Waals surface area contributed by atoms with Crippen LogP contribution in [-0.4, -0.2) is 55.5 Å². The molecule has 36 heavy (non-hydrogen) atoms. The Morgan fingerprint density at radius 3 is 2.67 bits per heavy atom. The van der Waals surface area contributed by atoms with Crippen molar-refractivity contribution >= 4 is 28.4 Å². The normalized spacial score (nSPS) is 19.1. The Kier molecular flexibility index (Phi) is 6.39. The minimum absolute atomic E-state index is 0.0213. The van der Waals surface area contributed by atoms with E-state index in [1.54, 1.807) is 16.3 Å². The van der Waals surface area contributed by atoms with Crippen LogP contribution in [0.5, 0.6) is 0 Å². The fourth-order valence-corrected chi connectivity index (χ4v) is 6.75. The lowest BCUT2D eigenvalue weighted by Gasteiger charge is -2.17. The summed E-state index contributed by atoms with van der Waals surface area (Å²) in [6.45, 7) is 3.68. The van der Waals surface area contributed by atoms with Gasteiger partial charge in [0, 0.05) is 29.7 Å². The molecular formula is C26H30N6O3S. The van der Waals surface area contributed by atoms with E-state index in [4.69, 9.17) is 4.98 Å². The number of hydrogen-bond donors (Lipinski definition) is 1. The van der Waals surface area contributed by atoms with Gasteiger partial charge in [-0.3, -0.25) is 19.0 Å². The zero-order valence-corrected chi connectivity index (χ0v) is 21.1. The average molecular weight is 507 g/mol. The van der Waals surface area contributed by atoms with Crippen molar-refractivity contribution < 1.29 is 4.79 Å². The molecule has 3 aliphatic rings. The number of hydrogen-bond acceptors (Lipinski definition) is 7. The van der Waals surface area contributed by atoms with Gasteiger partial charge in [-0.15, -0.1) is 0 Å². The van der Waals surface area contributed by atoms with Gasteiger partial charge in [0.05, 0.1) is 35.9 Å². The van der Waals surface area contributed by atoms with Gasteiger partial charge in [-0.1, -0.05) is 30.0 Å². The number of likely N-dealkylation sites (tertiary alicyclic amines) is 1. The first-order chi connectivity index (χ1) is 17.6. The van der Waals surface area contributed by atoms with Gasteiger partial charge in [0.2, 0.25) is 5.91 Å². The van der Waals surface area contributed by atoms with Crippen molar-refractivity contribution in [1.82, 2.24) is 29.5 Å². The number of rotatable bonds is 7. The first-order valence-electron chi connectivity index (χ1n) is 12.8. The second kappa shape index (κ2) is 9.82. The summed E-state index contributed by atoms with van der Waals surface area (Å²) >= 11 is 1.55.